The van der Waals surface area contributed by atoms with E-state index in [0.29, 0.717) is 23.9 Å². The van der Waals surface area contributed by atoms with Crippen molar-refractivity contribution in [3.63, 3.8) is 0 Å². The van der Waals surface area contributed by atoms with Gasteiger partial charge in [0.15, 0.2) is 0 Å². The van der Waals surface area contributed by atoms with Gasteiger partial charge in [-0.15, -0.1) is 0 Å². The molecule has 2 aromatic carbocycles. The SMILES string of the molecule is COc1cccc(CNC(=O)c2ccc(N3CCC[C@H](C)C3)c([N+](=O)[O-])c2)c1. The van der Waals surface area contributed by atoms with Crippen LogP contribution in [0.1, 0.15) is 35.7 Å². The summed E-state index contributed by atoms with van der Waals surface area (Å²) in [6.45, 7) is 4.06. The van der Waals surface area contributed by atoms with Crippen molar-refractivity contribution >= 4 is 17.3 Å². The van der Waals surface area contributed by atoms with Gasteiger partial charge in [0.2, 0.25) is 0 Å². The van der Waals surface area contributed by atoms with Gasteiger partial charge in [-0.25, -0.2) is 0 Å². The van der Waals surface area contributed by atoms with Crippen molar-refractivity contribution in [2.75, 3.05) is 25.1 Å². The van der Waals surface area contributed by atoms with Crippen molar-refractivity contribution in [1.29, 1.82) is 0 Å². The standard InChI is InChI=1S/C21H25N3O4/c1-15-5-4-10-23(14-15)19-9-8-17(12-20(19)24(26)27)21(25)22-13-16-6-3-7-18(11-16)28-2/h3,6-9,11-12,15H,4-5,10,13-14H2,1-2H3,(H,22,25)/t15-/m0/s1. The maximum absolute atomic E-state index is 12.5. The number of ether oxygens (including phenoxy) is 1. The molecule has 1 aliphatic rings. The lowest BCUT2D eigenvalue weighted by atomic mass is 9.99. The quantitative estimate of drug-likeness (QED) is 0.606. The number of nitrogens with zero attached hydrogens (tertiary/aromatic N) is 2. The predicted molar refractivity (Wildman–Crippen MR) is 108 cm³/mol. The van der Waals surface area contributed by atoms with E-state index in [1.165, 1.54) is 6.07 Å². The fourth-order valence-electron chi connectivity index (χ4n) is 3.55. The Morgan fingerprint density at radius 2 is 2.14 bits per heavy atom. The summed E-state index contributed by atoms with van der Waals surface area (Å²) in [7, 11) is 1.58. The van der Waals surface area contributed by atoms with E-state index < -0.39 is 4.92 Å². The van der Waals surface area contributed by atoms with Crippen LogP contribution in [-0.4, -0.2) is 31.0 Å². The number of amides is 1. The van der Waals surface area contributed by atoms with Gasteiger partial charge in [-0.2, -0.15) is 0 Å². The van der Waals surface area contributed by atoms with Crippen LogP contribution in [0.4, 0.5) is 11.4 Å². The minimum absolute atomic E-state index is 0.0249. The first-order valence-electron chi connectivity index (χ1n) is 9.42. The number of methoxy groups -OCH3 is 1. The summed E-state index contributed by atoms with van der Waals surface area (Å²) < 4.78 is 5.17. The summed E-state index contributed by atoms with van der Waals surface area (Å²) >= 11 is 0. The maximum Gasteiger partial charge on any atom is 0.293 e. The highest BCUT2D eigenvalue weighted by atomic mass is 16.6. The molecule has 1 aliphatic heterocycles. The van der Waals surface area contributed by atoms with Crippen molar-refractivity contribution in [2.45, 2.75) is 26.3 Å². The molecule has 0 aromatic heterocycles. The molecular weight excluding hydrogens is 358 g/mol. The smallest absolute Gasteiger partial charge is 0.293 e. The number of piperidine rings is 1. The number of benzene rings is 2. The van der Waals surface area contributed by atoms with Crippen molar-refractivity contribution in [2.24, 2.45) is 5.92 Å². The number of nitro benzene ring substituents is 1. The largest absolute Gasteiger partial charge is 0.497 e. The molecule has 0 bridgehead atoms. The van der Waals surface area contributed by atoms with Crippen molar-refractivity contribution < 1.29 is 14.5 Å². The highest BCUT2D eigenvalue weighted by molar-refractivity contribution is 5.95. The van der Waals surface area contributed by atoms with Gasteiger partial charge in [-0.1, -0.05) is 19.1 Å². The Kier molecular flexibility index (Phi) is 6.13. The molecule has 1 atom stereocenters. The van der Waals surface area contributed by atoms with Gasteiger partial charge in [-0.3, -0.25) is 14.9 Å². The number of hydrogen-bond donors (Lipinski definition) is 1. The lowest BCUT2D eigenvalue weighted by molar-refractivity contribution is -0.384. The second-order valence-corrected chi connectivity index (χ2v) is 7.19. The third-order valence-corrected chi connectivity index (χ3v) is 5.02. The average molecular weight is 383 g/mol. The zero-order chi connectivity index (χ0) is 20.1. The zero-order valence-corrected chi connectivity index (χ0v) is 16.2. The van der Waals surface area contributed by atoms with Gasteiger partial charge in [-0.05, 0) is 48.6 Å². The first-order valence-corrected chi connectivity index (χ1v) is 9.42. The van der Waals surface area contributed by atoms with Crippen LogP contribution in [0.3, 0.4) is 0 Å². The van der Waals surface area contributed by atoms with E-state index in [-0.39, 0.29) is 17.2 Å². The molecule has 148 valence electrons. The van der Waals surface area contributed by atoms with Crippen LogP contribution in [0.15, 0.2) is 42.5 Å². The van der Waals surface area contributed by atoms with Gasteiger partial charge in [0.05, 0.1) is 12.0 Å². The molecule has 3 rings (SSSR count). The molecule has 1 saturated heterocycles. The Labute approximate surface area is 164 Å². The first-order chi connectivity index (χ1) is 13.5. The molecule has 0 aliphatic carbocycles. The van der Waals surface area contributed by atoms with Crippen LogP contribution in [0.2, 0.25) is 0 Å². The molecule has 7 nitrogen and oxygen atoms in total. The molecule has 0 unspecified atom stereocenters. The van der Waals surface area contributed by atoms with E-state index in [1.807, 2.05) is 29.2 Å². The molecule has 1 heterocycles. The lowest BCUT2D eigenvalue weighted by Crippen LogP contribution is -2.34. The summed E-state index contributed by atoms with van der Waals surface area (Å²) in [5.74, 6) is 0.867. The summed E-state index contributed by atoms with van der Waals surface area (Å²) in [5, 5.41) is 14.4. The topological polar surface area (TPSA) is 84.7 Å². The van der Waals surface area contributed by atoms with Crippen LogP contribution < -0.4 is 15.0 Å². The number of nitro groups is 1. The van der Waals surface area contributed by atoms with Crippen LogP contribution >= 0.6 is 0 Å². The highest BCUT2D eigenvalue weighted by Gasteiger charge is 2.25. The number of nitrogens with one attached hydrogen (secondary N) is 1. The van der Waals surface area contributed by atoms with E-state index in [1.54, 1.807) is 19.2 Å². The van der Waals surface area contributed by atoms with Gasteiger partial charge in [0.25, 0.3) is 11.6 Å². The normalized spacial score (nSPS) is 16.5. The zero-order valence-electron chi connectivity index (χ0n) is 16.2. The predicted octanol–water partition coefficient (Wildman–Crippen LogP) is 3.77. The minimum Gasteiger partial charge on any atom is -0.497 e. The second-order valence-electron chi connectivity index (χ2n) is 7.19. The second kappa shape index (κ2) is 8.73. The van der Waals surface area contributed by atoms with Crippen LogP contribution in [0.5, 0.6) is 5.75 Å². The average Bonchev–Trinajstić information content (AvgIpc) is 2.71. The van der Waals surface area contributed by atoms with Crippen molar-refractivity contribution in [1.82, 2.24) is 5.32 Å². The molecule has 1 N–H and O–H groups in total. The van der Waals surface area contributed by atoms with Gasteiger partial charge >= 0.3 is 0 Å². The molecule has 28 heavy (non-hydrogen) atoms. The highest BCUT2D eigenvalue weighted by Crippen LogP contribution is 2.32. The number of rotatable bonds is 6. The van der Waals surface area contributed by atoms with Gasteiger partial charge in [0.1, 0.15) is 11.4 Å². The Morgan fingerprint density at radius 1 is 1.32 bits per heavy atom. The molecule has 2 aromatic rings. The van der Waals surface area contributed by atoms with E-state index in [2.05, 4.69) is 12.2 Å². The van der Waals surface area contributed by atoms with Crippen LogP contribution in [0.25, 0.3) is 0 Å². The van der Waals surface area contributed by atoms with Crippen LogP contribution in [-0.2, 0) is 6.54 Å². The monoisotopic (exact) mass is 383 g/mol. The number of carbonyl (C=O) groups is 1. The summed E-state index contributed by atoms with van der Waals surface area (Å²) in [5.41, 5.74) is 1.73. The Bertz CT molecular complexity index is 868. The molecule has 0 spiro atoms. The van der Waals surface area contributed by atoms with Gasteiger partial charge < -0.3 is 15.0 Å². The Hall–Kier alpha value is -3.09. The summed E-state index contributed by atoms with van der Waals surface area (Å²) in [4.78, 5) is 25.7. The molecule has 1 amide bonds. The van der Waals surface area contributed by atoms with Gasteiger partial charge in [0, 0.05) is 31.3 Å². The van der Waals surface area contributed by atoms with Crippen LogP contribution in [0, 0.1) is 16.0 Å². The third kappa shape index (κ3) is 4.60. The number of anilines is 1. The number of carbonyl (C=O) groups excluding carboxylic acids is 1. The minimum atomic E-state index is -0.409. The third-order valence-electron chi connectivity index (χ3n) is 5.02. The van der Waals surface area contributed by atoms with E-state index in [4.69, 9.17) is 4.74 Å². The van der Waals surface area contributed by atoms with E-state index in [9.17, 15) is 14.9 Å². The Morgan fingerprint density at radius 3 is 2.86 bits per heavy atom. The fourth-order valence-corrected chi connectivity index (χ4v) is 3.55. The molecule has 0 radical (unpaired) electrons. The molecule has 0 saturated carbocycles. The van der Waals surface area contributed by atoms with E-state index in [0.717, 1.165) is 31.5 Å². The molecular formula is C21H25N3O4. The molecule has 1 fully saturated rings. The Balaban J connectivity index is 1.75. The summed E-state index contributed by atoms with van der Waals surface area (Å²) in [6.07, 6.45) is 2.15. The lowest BCUT2D eigenvalue weighted by Gasteiger charge is -2.32. The van der Waals surface area contributed by atoms with Crippen molar-refractivity contribution in [3.05, 3.63) is 63.7 Å². The molecule has 7 heteroatoms. The fraction of sp³-hybridized carbons (Fsp3) is 0.381. The summed E-state index contributed by atoms with van der Waals surface area (Å²) in [6, 6.07) is 12.1. The van der Waals surface area contributed by atoms with Crippen molar-refractivity contribution in [3.8, 4) is 5.75 Å². The van der Waals surface area contributed by atoms with E-state index >= 15 is 0 Å². The number of hydrogen-bond acceptors (Lipinski definition) is 5. The first kappa shape index (κ1) is 19.7. The maximum atomic E-state index is 12.5.